The van der Waals surface area contributed by atoms with Crippen LogP contribution in [0.4, 0.5) is 5.69 Å². The van der Waals surface area contributed by atoms with E-state index in [1.807, 2.05) is 6.92 Å². The van der Waals surface area contributed by atoms with Crippen molar-refractivity contribution in [2.75, 3.05) is 12.3 Å². The second-order valence-corrected chi connectivity index (χ2v) is 3.11. The van der Waals surface area contributed by atoms with Gasteiger partial charge < -0.3 is 11.1 Å². The largest absolute Gasteiger partial charge is 0.398 e. The normalized spacial score (nSPS) is 9.69. The maximum Gasteiger partial charge on any atom is 0.251 e. The molecule has 3 N–H and O–H groups in total. The molecule has 0 fully saturated rings. The second-order valence-electron chi connectivity index (χ2n) is 2.63. The number of amides is 1. The van der Waals surface area contributed by atoms with Gasteiger partial charge in [-0.2, -0.15) is 0 Å². The van der Waals surface area contributed by atoms with Crippen LogP contribution in [-0.2, 0) is 0 Å². The lowest BCUT2D eigenvalue weighted by molar-refractivity contribution is 0.0955. The number of carbonyl (C=O) groups is 1. The van der Waals surface area contributed by atoms with E-state index in [2.05, 4.69) is 17.9 Å². The number of hydrogen-bond acceptors (Lipinski definition) is 3. The fourth-order valence-corrected chi connectivity index (χ4v) is 1.16. The standard InChI is InChI=1S/C9H12N2OS/c1-2-11-9(12)6-3-4-7(10)8(13)5-6/h3-5,13H,2,10H2,1H3,(H,11,12). The molecule has 0 aromatic heterocycles. The van der Waals surface area contributed by atoms with E-state index in [1.54, 1.807) is 18.2 Å². The van der Waals surface area contributed by atoms with E-state index in [4.69, 9.17) is 5.73 Å². The van der Waals surface area contributed by atoms with Crippen molar-refractivity contribution >= 4 is 24.2 Å². The Morgan fingerprint density at radius 1 is 1.62 bits per heavy atom. The summed E-state index contributed by atoms with van der Waals surface area (Å²) in [5.74, 6) is -0.0993. The molecular weight excluding hydrogens is 184 g/mol. The molecule has 0 aliphatic carbocycles. The van der Waals surface area contributed by atoms with Crippen LogP contribution in [0, 0.1) is 0 Å². The molecule has 0 heterocycles. The summed E-state index contributed by atoms with van der Waals surface area (Å²) in [4.78, 5) is 12.0. The molecule has 0 atom stereocenters. The minimum atomic E-state index is -0.0993. The molecule has 1 aromatic rings. The number of benzene rings is 1. The molecule has 3 nitrogen and oxygen atoms in total. The minimum Gasteiger partial charge on any atom is -0.398 e. The number of rotatable bonds is 2. The van der Waals surface area contributed by atoms with Crippen molar-refractivity contribution in [3.05, 3.63) is 23.8 Å². The monoisotopic (exact) mass is 196 g/mol. The summed E-state index contributed by atoms with van der Waals surface area (Å²) in [5, 5.41) is 2.69. The van der Waals surface area contributed by atoms with Crippen LogP contribution in [0.15, 0.2) is 23.1 Å². The van der Waals surface area contributed by atoms with Crippen molar-refractivity contribution < 1.29 is 4.79 Å². The highest BCUT2D eigenvalue weighted by Crippen LogP contribution is 2.17. The lowest BCUT2D eigenvalue weighted by Crippen LogP contribution is -2.22. The lowest BCUT2D eigenvalue weighted by atomic mass is 10.2. The molecular formula is C9H12N2OS. The van der Waals surface area contributed by atoms with Gasteiger partial charge in [0.15, 0.2) is 0 Å². The maximum atomic E-state index is 11.3. The molecule has 13 heavy (non-hydrogen) atoms. The molecule has 0 saturated carbocycles. The first kappa shape index (κ1) is 9.92. The third-order valence-corrected chi connectivity index (χ3v) is 2.02. The van der Waals surface area contributed by atoms with Gasteiger partial charge in [0.25, 0.3) is 5.91 Å². The lowest BCUT2D eigenvalue weighted by Gasteiger charge is -2.04. The zero-order chi connectivity index (χ0) is 9.84. The first-order chi connectivity index (χ1) is 6.15. The van der Waals surface area contributed by atoms with Gasteiger partial charge >= 0.3 is 0 Å². The van der Waals surface area contributed by atoms with E-state index in [-0.39, 0.29) is 5.91 Å². The van der Waals surface area contributed by atoms with Crippen molar-refractivity contribution in [3.8, 4) is 0 Å². The molecule has 1 amide bonds. The van der Waals surface area contributed by atoms with Gasteiger partial charge in [-0.1, -0.05) is 0 Å². The Balaban J connectivity index is 2.90. The summed E-state index contributed by atoms with van der Waals surface area (Å²) >= 11 is 4.13. The molecule has 0 spiro atoms. The van der Waals surface area contributed by atoms with E-state index in [0.29, 0.717) is 22.7 Å². The maximum absolute atomic E-state index is 11.3. The molecule has 0 saturated heterocycles. The van der Waals surface area contributed by atoms with Crippen LogP contribution < -0.4 is 11.1 Å². The summed E-state index contributed by atoms with van der Waals surface area (Å²) in [6, 6.07) is 5.01. The van der Waals surface area contributed by atoms with Gasteiger partial charge in [0.05, 0.1) is 0 Å². The first-order valence-electron chi connectivity index (χ1n) is 4.02. The van der Waals surface area contributed by atoms with E-state index in [9.17, 15) is 4.79 Å². The molecule has 4 heteroatoms. The summed E-state index contributed by atoms with van der Waals surface area (Å²) in [7, 11) is 0. The van der Waals surface area contributed by atoms with Crippen LogP contribution in [0.3, 0.4) is 0 Å². The van der Waals surface area contributed by atoms with E-state index >= 15 is 0 Å². The second kappa shape index (κ2) is 4.18. The first-order valence-corrected chi connectivity index (χ1v) is 4.46. The molecule has 1 aromatic carbocycles. The summed E-state index contributed by atoms with van der Waals surface area (Å²) in [6.07, 6.45) is 0. The summed E-state index contributed by atoms with van der Waals surface area (Å²) < 4.78 is 0. The number of carbonyl (C=O) groups excluding carboxylic acids is 1. The zero-order valence-electron chi connectivity index (χ0n) is 7.37. The molecule has 0 aliphatic rings. The van der Waals surface area contributed by atoms with Gasteiger partial charge in [-0.3, -0.25) is 4.79 Å². The molecule has 0 radical (unpaired) electrons. The van der Waals surface area contributed by atoms with Crippen LogP contribution in [0.5, 0.6) is 0 Å². The average Bonchev–Trinajstić information content (AvgIpc) is 2.10. The van der Waals surface area contributed by atoms with Crippen LogP contribution >= 0.6 is 12.6 Å². The van der Waals surface area contributed by atoms with Gasteiger partial charge in [-0.25, -0.2) is 0 Å². The van der Waals surface area contributed by atoms with Gasteiger partial charge in [0.1, 0.15) is 0 Å². The molecule has 70 valence electrons. The Labute approximate surface area is 82.7 Å². The molecule has 1 rings (SSSR count). The molecule has 0 aliphatic heterocycles. The fourth-order valence-electron chi connectivity index (χ4n) is 0.948. The SMILES string of the molecule is CCNC(=O)c1ccc(N)c(S)c1. The summed E-state index contributed by atoms with van der Waals surface area (Å²) in [5.41, 5.74) is 6.72. The number of nitrogens with one attached hydrogen (secondary N) is 1. The highest BCUT2D eigenvalue weighted by Gasteiger charge is 2.04. The summed E-state index contributed by atoms with van der Waals surface area (Å²) in [6.45, 7) is 2.49. The number of hydrogen-bond donors (Lipinski definition) is 3. The van der Waals surface area contributed by atoms with Crippen LogP contribution in [-0.4, -0.2) is 12.5 Å². The predicted octanol–water partition coefficient (Wildman–Crippen LogP) is 1.31. The van der Waals surface area contributed by atoms with E-state index in [1.165, 1.54) is 0 Å². The van der Waals surface area contributed by atoms with Crippen molar-refractivity contribution in [2.24, 2.45) is 0 Å². The van der Waals surface area contributed by atoms with Crippen molar-refractivity contribution in [2.45, 2.75) is 11.8 Å². The highest BCUT2D eigenvalue weighted by atomic mass is 32.1. The van der Waals surface area contributed by atoms with Crippen LogP contribution in [0.25, 0.3) is 0 Å². The third kappa shape index (κ3) is 2.39. The Morgan fingerprint density at radius 2 is 2.31 bits per heavy atom. The zero-order valence-corrected chi connectivity index (χ0v) is 8.27. The minimum absolute atomic E-state index is 0.0993. The average molecular weight is 196 g/mol. The highest BCUT2D eigenvalue weighted by molar-refractivity contribution is 7.80. The Bertz CT molecular complexity index is 325. The number of thiol groups is 1. The Morgan fingerprint density at radius 3 is 2.85 bits per heavy atom. The van der Waals surface area contributed by atoms with Crippen LogP contribution in [0.2, 0.25) is 0 Å². The third-order valence-electron chi connectivity index (χ3n) is 1.63. The van der Waals surface area contributed by atoms with Gasteiger partial charge in [0.2, 0.25) is 0 Å². The van der Waals surface area contributed by atoms with Crippen molar-refractivity contribution in [3.63, 3.8) is 0 Å². The van der Waals surface area contributed by atoms with E-state index in [0.717, 1.165) is 0 Å². The van der Waals surface area contributed by atoms with Crippen molar-refractivity contribution in [1.29, 1.82) is 0 Å². The fraction of sp³-hybridized carbons (Fsp3) is 0.222. The Kier molecular flexibility index (Phi) is 3.19. The van der Waals surface area contributed by atoms with E-state index < -0.39 is 0 Å². The smallest absolute Gasteiger partial charge is 0.251 e. The quantitative estimate of drug-likeness (QED) is 0.493. The van der Waals surface area contributed by atoms with Gasteiger partial charge in [0, 0.05) is 22.7 Å². The molecule has 0 bridgehead atoms. The van der Waals surface area contributed by atoms with Crippen LogP contribution in [0.1, 0.15) is 17.3 Å². The van der Waals surface area contributed by atoms with Crippen molar-refractivity contribution in [1.82, 2.24) is 5.32 Å². The number of anilines is 1. The Hall–Kier alpha value is -1.16. The van der Waals surface area contributed by atoms with Gasteiger partial charge in [-0.05, 0) is 25.1 Å². The predicted molar refractivity (Wildman–Crippen MR) is 56.1 cm³/mol. The topological polar surface area (TPSA) is 55.1 Å². The number of nitrogens with two attached hydrogens (primary N) is 1. The number of nitrogen functional groups attached to an aromatic ring is 1. The molecule has 0 unspecified atom stereocenters. The van der Waals surface area contributed by atoms with Gasteiger partial charge in [-0.15, -0.1) is 12.6 Å².